The molecule has 0 radical (unpaired) electrons. The lowest BCUT2D eigenvalue weighted by Gasteiger charge is -2.24. The Hall–Kier alpha value is -0.190. The van der Waals surface area contributed by atoms with Crippen molar-refractivity contribution in [3.05, 3.63) is 28.2 Å². The minimum absolute atomic E-state index is 0.347. The third kappa shape index (κ3) is 1.78. The van der Waals surface area contributed by atoms with Crippen LogP contribution in [0.2, 0.25) is 0 Å². The fraction of sp³-hybridized carbons (Fsp3) is 0.400. The normalized spacial score (nSPS) is 25.9. The van der Waals surface area contributed by atoms with Crippen molar-refractivity contribution in [1.82, 2.24) is 5.32 Å². The number of hydrogen-bond acceptors (Lipinski definition) is 2. The van der Waals surface area contributed by atoms with Crippen LogP contribution in [-0.4, -0.2) is 17.0 Å². The Morgan fingerprint density at radius 2 is 2.36 bits per heavy atom. The van der Waals surface area contributed by atoms with Gasteiger partial charge in [0.2, 0.25) is 0 Å². The second-order valence-corrected chi connectivity index (χ2v) is 5.82. The van der Waals surface area contributed by atoms with Gasteiger partial charge in [0.15, 0.2) is 0 Å². The monoisotopic (exact) mass is 273 g/mol. The van der Waals surface area contributed by atoms with Crippen LogP contribution in [0.4, 0.5) is 0 Å². The van der Waals surface area contributed by atoms with Gasteiger partial charge in [-0.1, -0.05) is 15.9 Å². The molecule has 1 aliphatic rings. The fourth-order valence-electron chi connectivity index (χ4n) is 1.79. The van der Waals surface area contributed by atoms with E-state index in [0.717, 1.165) is 21.5 Å². The molecule has 2 nitrogen and oxygen atoms in total. The van der Waals surface area contributed by atoms with E-state index in [-0.39, 0.29) is 0 Å². The van der Waals surface area contributed by atoms with Crippen LogP contribution in [0.15, 0.2) is 27.6 Å². The van der Waals surface area contributed by atoms with Crippen molar-refractivity contribution in [3.8, 4) is 0 Å². The summed E-state index contributed by atoms with van der Waals surface area (Å²) >= 11 is 3.44. The van der Waals surface area contributed by atoms with Crippen LogP contribution >= 0.6 is 15.9 Å². The van der Waals surface area contributed by atoms with E-state index in [1.165, 1.54) is 5.56 Å². The van der Waals surface area contributed by atoms with Gasteiger partial charge in [-0.05, 0) is 37.2 Å². The number of halogens is 1. The third-order valence-electron chi connectivity index (χ3n) is 2.53. The zero-order valence-electron chi connectivity index (χ0n) is 7.92. The summed E-state index contributed by atoms with van der Waals surface area (Å²) in [6.07, 6.45) is 0.951. The predicted molar refractivity (Wildman–Crippen MR) is 61.8 cm³/mol. The molecule has 1 aromatic rings. The van der Waals surface area contributed by atoms with E-state index in [2.05, 4.69) is 27.3 Å². The summed E-state index contributed by atoms with van der Waals surface area (Å²) in [4.78, 5) is 0.985. The first-order chi connectivity index (χ1) is 6.72. The van der Waals surface area contributed by atoms with Gasteiger partial charge < -0.3 is 5.32 Å². The van der Waals surface area contributed by atoms with Gasteiger partial charge in [-0.2, -0.15) is 0 Å². The second kappa shape index (κ2) is 4.13. The van der Waals surface area contributed by atoms with Crippen molar-refractivity contribution in [1.29, 1.82) is 0 Å². The molecule has 14 heavy (non-hydrogen) atoms. The molecule has 1 aromatic carbocycles. The highest BCUT2D eigenvalue weighted by Gasteiger charge is 2.23. The van der Waals surface area contributed by atoms with E-state index < -0.39 is 10.8 Å². The SMILES string of the molecule is CNC1CCS(=O)c2ccc(Br)cc21. The molecule has 1 N–H and O–H groups in total. The molecule has 76 valence electrons. The quantitative estimate of drug-likeness (QED) is 0.850. The van der Waals surface area contributed by atoms with E-state index in [4.69, 9.17) is 0 Å². The first-order valence-electron chi connectivity index (χ1n) is 4.57. The van der Waals surface area contributed by atoms with Crippen molar-refractivity contribution in [2.75, 3.05) is 12.8 Å². The highest BCUT2D eigenvalue weighted by Crippen LogP contribution is 2.31. The predicted octanol–water partition coefficient (Wildman–Crippen LogP) is 2.22. The summed E-state index contributed by atoms with van der Waals surface area (Å²) < 4.78 is 12.8. The van der Waals surface area contributed by atoms with Gasteiger partial charge in [0, 0.05) is 21.2 Å². The molecular formula is C10H12BrNOS. The van der Waals surface area contributed by atoms with Crippen molar-refractivity contribution in [2.24, 2.45) is 0 Å². The smallest absolute Gasteiger partial charge is 0.0533 e. The van der Waals surface area contributed by atoms with Crippen LogP contribution in [0, 0.1) is 0 Å². The molecule has 2 rings (SSSR count). The highest BCUT2D eigenvalue weighted by molar-refractivity contribution is 9.10. The van der Waals surface area contributed by atoms with E-state index >= 15 is 0 Å². The molecule has 0 aliphatic carbocycles. The molecule has 2 atom stereocenters. The third-order valence-corrected chi connectivity index (χ3v) is 4.50. The Balaban J connectivity index is 2.51. The average Bonchev–Trinajstić information content (AvgIpc) is 2.18. The first-order valence-corrected chi connectivity index (χ1v) is 6.68. The molecular weight excluding hydrogens is 262 g/mol. The molecule has 1 heterocycles. The lowest BCUT2D eigenvalue weighted by molar-refractivity contribution is 0.554. The molecule has 0 amide bonds. The number of hydrogen-bond donors (Lipinski definition) is 1. The van der Waals surface area contributed by atoms with Crippen LogP contribution < -0.4 is 5.32 Å². The van der Waals surface area contributed by atoms with Crippen molar-refractivity contribution >= 4 is 26.7 Å². The zero-order chi connectivity index (χ0) is 10.1. The average molecular weight is 274 g/mol. The Kier molecular flexibility index (Phi) is 3.04. The lowest BCUT2D eigenvalue weighted by Crippen LogP contribution is -2.24. The Bertz CT molecular complexity index is 380. The first kappa shape index (κ1) is 10.3. The summed E-state index contributed by atoms with van der Waals surface area (Å²) in [5, 5.41) is 3.25. The van der Waals surface area contributed by atoms with E-state index in [1.807, 2.05) is 19.2 Å². The van der Waals surface area contributed by atoms with E-state index in [9.17, 15) is 4.21 Å². The maximum absolute atomic E-state index is 11.7. The van der Waals surface area contributed by atoms with Gasteiger partial charge in [-0.3, -0.25) is 4.21 Å². The topological polar surface area (TPSA) is 29.1 Å². The number of nitrogens with one attached hydrogen (secondary N) is 1. The maximum Gasteiger partial charge on any atom is 0.0533 e. The Morgan fingerprint density at radius 3 is 3.07 bits per heavy atom. The molecule has 0 fully saturated rings. The number of benzene rings is 1. The fourth-order valence-corrected chi connectivity index (χ4v) is 3.52. The maximum atomic E-state index is 11.7. The van der Waals surface area contributed by atoms with Gasteiger partial charge in [0.1, 0.15) is 0 Å². The highest BCUT2D eigenvalue weighted by atomic mass is 79.9. The molecule has 2 unspecified atom stereocenters. The summed E-state index contributed by atoms with van der Waals surface area (Å²) in [6, 6.07) is 6.32. The zero-order valence-corrected chi connectivity index (χ0v) is 10.3. The summed E-state index contributed by atoms with van der Waals surface area (Å²) in [5.41, 5.74) is 1.17. The second-order valence-electron chi connectivity index (χ2n) is 3.36. The minimum atomic E-state index is -0.807. The summed E-state index contributed by atoms with van der Waals surface area (Å²) in [7, 11) is 1.14. The van der Waals surface area contributed by atoms with Crippen molar-refractivity contribution < 1.29 is 4.21 Å². The van der Waals surface area contributed by atoms with Gasteiger partial charge >= 0.3 is 0 Å². The van der Waals surface area contributed by atoms with Crippen LogP contribution in [0.3, 0.4) is 0 Å². The van der Waals surface area contributed by atoms with Crippen LogP contribution in [0.5, 0.6) is 0 Å². The molecule has 4 heteroatoms. The van der Waals surface area contributed by atoms with Gasteiger partial charge in [0.05, 0.1) is 10.8 Å². The molecule has 0 saturated heterocycles. The van der Waals surface area contributed by atoms with Gasteiger partial charge in [-0.25, -0.2) is 0 Å². The minimum Gasteiger partial charge on any atom is -0.313 e. The van der Waals surface area contributed by atoms with Gasteiger partial charge in [0.25, 0.3) is 0 Å². The Labute approximate surface area is 94.7 Å². The largest absolute Gasteiger partial charge is 0.313 e. The molecule has 0 aromatic heterocycles. The van der Waals surface area contributed by atoms with Gasteiger partial charge in [-0.15, -0.1) is 0 Å². The summed E-state index contributed by atoms with van der Waals surface area (Å²) in [5.74, 6) is 0.764. The Morgan fingerprint density at radius 1 is 1.57 bits per heavy atom. The molecule has 1 aliphatic heterocycles. The molecule has 0 spiro atoms. The lowest BCUT2D eigenvalue weighted by atomic mass is 10.0. The van der Waals surface area contributed by atoms with Crippen LogP contribution in [-0.2, 0) is 10.8 Å². The van der Waals surface area contributed by atoms with Crippen LogP contribution in [0.1, 0.15) is 18.0 Å². The van der Waals surface area contributed by atoms with E-state index in [0.29, 0.717) is 6.04 Å². The number of fused-ring (bicyclic) bond motifs is 1. The summed E-state index contributed by atoms with van der Waals surface area (Å²) in [6.45, 7) is 0. The molecule has 0 saturated carbocycles. The number of rotatable bonds is 1. The van der Waals surface area contributed by atoms with Crippen LogP contribution in [0.25, 0.3) is 0 Å². The van der Waals surface area contributed by atoms with E-state index in [1.54, 1.807) is 0 Å². The van der Waals surface area contributed by atoms with Crippen molar-refractivity contribution in [2.45, 2.75) is 17.4 Å². The van der Waals surface area contributed by atoms with Crippen molar-refractivity contribution in [3.63, 3.8) is 0 Å². The standard InChI is InChI=1S/C10H12BrNOS/c1-12-9-4-5-14(13)10-3-2-7(11)6-8(9)10/h2-3,6,9,12H,4-5H2,1H3. The molecule has 0 bridgehead atoms.